The van der Waals surface area contributed by atoms with E-state index >= 15 is 0 Å². The van der Waals surface area contributed by atoms with Crippen LogP contribution in [0, 0.1) is 24.2 Å². The molecule has 5 heteroatoms. The van der Waals surface area contributed by atoms with Crippen LogP contribution >= 0.6 is 0 Å². The predicted octanol–water partition coefficient (Wildman–Crippen LogP) is 3.63. The van der Waals surface area contributed by atoms with Crippen molar-refractivity contribution >= 4 is 18.0 Å². The molecule has 1 heterocycles. The van der Waals surface area contributed by atoms with Crippen LogP contribution in [0.3, 0.4) is 0 Å². The van der Waals surface area contributed by atoms with Crippen molar-refractivity contribution in [1.29, 1.82) is 5.26 Å². The molecular formula is C22H26N2O3. The average molecular weight is 366 g/mol. The predicted molar refractivity (Wildman–Crippen MR) is 102 cm³/mol. The van der Waals surface area contributed by atoms with Crippen LogP contribution < -0.4 is 0 Å². The highest BCUT2D eigenvalue weighted by Crippen LogP contribution is 2.35. The van der Waals surface area contributed by atoms with Crippen molar-refractivity contribution in [2.75, 3.05) is 13.2 Å². The van der Waals surface area contributed by atoms with Crippen LogP contribution in [0.4, 0.5) is 0 Å². The van der Waals surface area contributed by atoms with Gasteiger partial charge in [0.15, 0.2) is 6.61 Å². The molecule has 2 atom stereocenters. The topological polar surface area (TPSA) is 70.4 Å². The Kier molecular flexibility index (Phi) is 6.28. The summed E-state index contributed by atoms with van der Waals surface area (Å²) in [6, 6.07) is 9.65. The summed E-state index contributed by atoms with van der Waals surface area (Å²) in [5.74, 6) is -0.306. The Hall–Kier alpha value is -2.61. The van der Waals surface area contributed by atoms with Crippen molar-refractivity contribution in [2.45, 2.75) is 51.5 Å². The summed E-state index contributed by atoms with van der Waals surface area (Å²) in [7, 11) is 0. The summed E-state index contributed by atoms with van der Waals surface area (Å²) in [6.07, 6.45) is 8.32. The zero-order valence-electron chi connectivity index (χ0n) is 15.8. The minimum absolute atomic E-state index is 0.0964. The number of aryl methyl sites for hydroxylation is 1. The largest absolute Gasteiger partial charge is 0.451 e. The van der Waals surface area contributed by atoms with Crippen LogP contribution in [0.25, 0.3) is 6.08 Å². The van der Waals surface area contributed by atoms with Gasteiger partial charge >= 0.3 is 5.97 Å². The Morgan fingerprint density at radius 1 is 1.19 bits per heavy atom. The molecule has 0 aromatic heterocycles. The van der Waals surface area contributed by atoms with Crippen molar-refractivity contribution in [3.05, 3.63) is 41.0 Å². The molecule has 0 radical (unpaired) electrons. The number of hydrogen-bond acceptors (Lipinski definition) is 4. The van der Waals surface area contributed by atoms with Gasteiger partial charge in [-0.25, -0.2) is 4.79 Å². The van der Waals surface area contributed by atoms with Gasteiger partial charge < -0.3 is 9.64 Å². The average Bonchev–Trinajstić information content (AvgIpc) is 2.71. The lowest BCUT2D eigenvalue weighted by molar-refractivity contribution is -0.152. The van der Waals surface area contributed by atoms with Crippen LogP contribution in [0.1, 0.15) is 49.7 Å². The minimum atomic E-state index is -0.747. The Labute approximate surface area is 160 Å². The lowest BCUT2D eigenvalue weighted by Crippen LogP contribution is -2.50. The highest BCUT2D eigenvalue weighted by molar-refractivity contribution is 5.98. The number of nitrogens with zero attached hydrogens (tertiary/aromatic N) is 2. The molecule has 142 valence electrons. The van der Waals surface area contributed by atoms with E-state index in [0.29, 0.717) is 5.92 Å². The van der Waals surface area contributed by atoms with E-state index < -0.39 is 5.97 Å². The molecule has 2 fully saturated rings. The van der Waals surface area contributed by atoms with Gasteiger partial charge in [0.05, 0.1) is 0 Å². The fourth-order valence-corrected chi connectivity index (χ4v) is 4.19. The van der Waals surface area contributed by atoms with Gasteiger partial charge in [-0.15, -0.1) is 0 Å². The molecule has 27 heavy (non-hydrogen) atoms. The second kappa shape index (κ2) is 8.85. The molecule has 0 spiro atoms. The fourth-order valence-electron chi connectivity index (χ4n) is 4.19. The van der Waals surface area contributed by atoms with Crippen LogP contribution in [-0.4, -0.2) is 36.0 Å². The molecule has 0 bridgehead atoms. The Morgan fingerprint density at radius 3 is 2.63 bits per heavy atom. The van der Waals surface area contributed by atoms with E-state index in [2.05, 4.69) is 0 Å². The van der Waals surface area contributed by atoms with Gasteiger partial charge in [0.2, 0.25) is 0 Å². The number of fused-ring (bicyclic) bond motifs is 1. The van der Waals surface area contributed by atoms with E-state index in [0.717, 1.165) is 36.9 Å². The van der Waals surface area contributed by atoms with Crippen molar-refractivity contribution in [1.82, 2.24) is 4.90 Å². The molecule has 1 aromatic carbocycles. The number of rotatable bonds is 4. The molecule has 0 N–H and O–H groups in total. The van der Waals surface area contributed by atoms with Gasteiger partial charge in [-0.1, -0.05) is 42.7 Å². The number of esters is 1. The molecule has 1 aliphatic heterocycles. The molecule has 1 saturated heterocycles. The molecule has 1 saturated carbocycles. The minimum Gasteiger partial charge on any atom is -0.451 e. The third-order valence-electron chi connectivity index (χ3n) is 5.62. The SMILES string of the molecule is Cc1ccc(/C=C(\C#N)C(=O)OCC(=O)N2CCC[C@H]3CCCC[C@H]32)cc1. The Bertz CT molecular complexity index is 759. The van der Waals surface area contributed by atoms with Crippen LogP contribution in [0.2, 0.25) is 0 Å². The first-order valence-corrected chi connectivity index (χ1v) is 9.73. The second-order valence-corrected chi connectivity index (χ2v) is 7.50. The van der Waals surface area contributed by atoms with Gasteiger partial charge in [-0.3, -0.25) is 4.79 Å². The maximum atomic E-state index is 12.6. The van der Waals surface area contributed by atoms with Gasteiger partial charge in [0.1, 0.15) is 11.6 Å². The van der Waals surface area contributed by atoms with Crippen LogP contribution in [0.15, 0.2) is 29.8 Å². The van der Waals surface area contributed by atoms with E-state index in [1.54, 1.807) is 0 Å². The van der Waals surface area contributed by atoms with Crippen LogP contribution in [0.5, 0.6) is 0 Å². The molecule has 0 unspecified atom stereocenters. The maximum Gasteiger partial charge on any atom is 0.349 e. The van der Waals surface area contributed by atoms with Gasteiger partial charge in [-0.05, 0) is 50.2 Å². The standard InChI is InChI=1S/C22H26N2O3/c1-16-8-10-17(11-9-16)13-19(14-23)22(26)27-15-21(25)24-12-4-6-18-5-2-3-7-20(18)24/h8-11,13,18,20H,2-7,12,15H2,1H3/b19-13+/t18-,20-/m1/s1. The number of benzene rings is 1. The van der Waals surface area contributed by atoms with E-state index in [1.807, 2.05) is 42.2 Å². The number of carbonyl (C=O) groups is 2. The highest BCUT2D eigenvalue weighted by atomic mass is 16.5. The van der Waals surface area contributed by atoms with Crippen molar-refractivity contribution in [3.8, 4) is 6.07 Å². The third kappa shape index (κ3) is 4.77. The zero-order chi connectivity index (χ0) is 19.2. The van der Waals surface area contributed by atoms with E-state index in [-0.39, 0.29) is 24.1 Å². The van der Waals surface area contributed by atoms with Crippen molar-refractivity contribution < 1.29 is 14.3 Å². The Morgan fingerprint density at radius 2 is 1.89 bits per heavy atom. The second-order valence-electron chi connectivity index (χ2n) is 7.50. The van der Waals surface area contributed by atoms with Crippen molar-refractivity contribution in [3.63, 3.8) is 0 Å². The number of likely N-dealkylation sites (tertiary alicyclic amines) is 1. The molecule has 3 rings (SSSR count). The summed E-state index contributed by atoms with van der Waals surface area (Å²) in [4.78, 5) is 26.7. The van der Waals surface area contributed by atoms with Crippen LogP contribution in [-0.2, 0) is 14.3 Å². The van der Waals surface area contributed by atoms with Gasteiger partial charge in [-0.2, -0.15) is 5.26 Å². The first-order chi connectivity index (χ1) is 13.1. The number of nitriles is 1. The maximum absolute atomic E-state index is 12.6. The lowest BCUT2D eigenvalue weighted by Gasteiger charge is -2.44. The van der Waals surface area contributed by atoms with E-state index in [1.165, 1.54) is 25.3 Å². The van der Waals surface area contributed by atoms with Gasteiger partial charge in [0.25, 0.3) is 5.91 Å². The lowest BCUT2D eigenvalue weighted by atomic mass is 9.78. The molecule has 1 aromatic rings. The highest BCUT2D eigenvalue weighted by Gasteiger charge is 2.35. The van der Waals surface area contributed by atoms with Crippen molar-refractivity contribution in [2.24, 2.45) is 5.92 Å². The van der Waals surface area contributed by atoms with E-state index in [4.69, 9.17) is 4.74 Å². The van der Waals surface area contributed by atoms with E-state index in [9.17, 15) is 14.9 Å². The number of ether oxygens (including phenoxy) is 1. The normalized spacial score (nSPS) is 22.5. The molecular weight excluding hydrogens is 340 g/mol. The first-order valence-electron chi connectivity index (χ1n) is 9.73. The molecule has 1 amide bonds. The number of hydrogen-bond donors (Lipinski definition) is 0. The summed E-state index contributed by atoms with van der Waals surface area (Å²) in [6.45, 7) is 2.41. The van der Waals surface area contributed by atoms with Gasteiger partial charge in [0, 0.05) is 12.6 Å². The number of carbonyl (C=O) groups excluding carboxylic acids is 2. The molecule has 5 nitrogen and oxygen atoms in total. The fraction of sp³-hybridized carbons (Fsp3) is 0.500. The third-order valence-corrected chi connectivity index (χ3v) is 5.62. The monoisotopic (exact) mass is 366 g/mol. The summed E-state index contributed by atoms with van der Waals surface area (Å²) < 4.78 is 5.16. The summed E-state index contributed by atoms with van der Waals surface area (Å²) in [5.41, 5.74) is 1.75. The summed E-state index contributed by atoms with van der Waals surface area (Å²) >= 11 is 0. The molecule has 1 aliphatic carbocycles. The Balaban J connectivity index is 1.59. The number of amides is 1. The summed E-state index contributed by atoms with van der Waals surface area (Å²) in [5, 5.41) is 9.27. The zero-order valence-corrected chi connectivity index (χ0v) is 15.8. The smallest absolute Gasteiger partial charge is 0.349 e. The molecule has 2 aliphatic rings. The first kappa shape index (κ1) is 19.2. The number of piperidine rings is 1. The quantitative estimate of drug-likeness (QED) is 0.463.